The maximum Gasteiger partial charge on any atom is 0.260 e. The lowest BCUT2D eigenvalue weighted by Crippen LogP contribution is -2.19. The Hall–Kier alpha value is -2.93. The molecule has 1 aliphatic carbocycles. The van der Waals surface area contributed by atoms with Crippen LogP contribution in [-0.2, 0) is 4.79 Å². The van der Waals surface area contributed by atoms with E-state index in [9.17, 15) is 4.79 Å². The van der Waals surface area contributed by atoms with Crippen molar-refractivity contribution < 1.29 is 9.53 Å². The topological polar surface area (TPSA) is 85.2 Å². The van der Waals surface area contributed by atoms with Crippen molar-refractivity contribution in [3.8, 4) is 5.88 Å². The number of hydrogen-bond donors (Lipinski definition) is 1. The summed E-state index contributed by atoms with van der Waals surface area (Å²) in [7, 11) is 3.97. The monoisotopic (exact) mass is 353 g/mol. The molecular formula is C19H23N5O2. The van der Waals surface area contributed by atoms with Gasteiger partial charge in [0, 0.05) is 18.3 Å². The lowest BCUT2D eigenvalue weighted by atomic mass is 10.1. The van der Waals surface area contributed by atoms with E-state index in [-0.39, 0.29) is 5.78 Å². The summed E-state index contributed by atoms with van der Waals surface area (Å²) in [6.07, 6.45) is 4.43. The Morgan fingerprint density at radius 3 is 2.73 bits per heavy atom. The Labute approximate surface area is 152 Å². The fourth-order valence-electron chi connectivity index (χ4n) is 2.58. The number of aromatic nitrogens is 2. The van der Waals surface area contributed by atoms with E-state index in [1.54, 1.807) is 6.08 Å². The summed E-state index contributed by atoms with van der Waals surface area (Å²) in [4.78, 5) is 18.1. The lowest BCUT2D eigenvalue weighted by Gasteiger charge is -2.10. The number of ketones is 1. The van der Waals surface area contributed by atoms with Crippen LogP contribution in [0.15, 0.2) is 41.1 Å². The summed E-state index contributed by atoms with van der Waals surface area (Å²) < 4.78 is 7.72. The Balaban J connectivity index is 2.09. The lowest BCUT2D eigenvalue weighted by molar-refractivity contribution is -0.110. The highest BCUT2D eigenvalue weighted by molar-refractivity contribution is 6.20. The first kappa shape index (κ1) is 17.9. The summed E-state index contributed by atoms with van der Waals surface area (Å²) in [6.45, 7) is 5.29. The average molecular weight is 353 g/mol. The van der Waals surface area contributed by atoms with E-state index in [4.69, 9.17) is 10.5 Å². The second-order valence-electron chi connectivity index (χ2n) is 6.54. The van der Waals surface area contributed by atoms with Gasteiger partial charge in [0.05, 0.1) is 16.9 Å². The quantitative estimate of drug-likeness (QED) is 0.831. The minimum absolute atomic E-state index is 0.143. The summed E-state index contributed by atoms with van der Waals surface area (Å²) in [5, 5.41) is 4.59. The predicted octanol–water partition coefficient (Wildman–Crippen LogP) is 1.95. The van der Waals surface area contributed by atoms with Crippen LogP contribution in [0.2, 0.25) is 0 Å². The standard InChI is InChI=1S/C19H23N5O2/c1-12-5-8-17-18(21-16-7-6-14(25)11-15(16)20)19(22-24(17)13(12)2)26-10-9-23(3)4/h5-8,11H,9-10,20H2,1-4H3. The number of carbonyl (C=O) groups is 1. The van der Waals surface area contributed by atoms with Crippen molar-refractivity contribution in [1.29, 1.82) is 0 Å². The molecule has 2 aromatic rings. The SMILES string of the molecule is Cc1ccc2c(N=C3C=CC(=O)C=C3N)c(OCCN(C)C)nn2c1C. The van der Waals surface area contributed by atoms with Crippen molar-refractivity contribution in [2.45, 2.75) is 13.8 Å². The van der Waals surface area contributed by atoms with E-state index in [0.29, 0.717) is 29.6 Å². The van der Waals surface area contributed by atoms with Gasteiger partial charge in [-0.3, -0.25) is 4.79 Å². The number of ether oxygens (including phenoxy) is 1. The van der Waals surface area contributed by atoms with Crippen LogP contribution in [0, 0.1) is 13.8 Å². The van der Waals surface area contributed by atoms with Gasteiger partial charge in [0.25, 0.3) is 5.88 Å². The van der Waals surface area contributed by atoms with Gasteiger partial charge in [-0.15, -0.1) is 5.10 Å². The Kier molecular flexibility index (Phi) is 4.90. The molecule has 0 amide bonds. The highest BCUT2D eigenvalue weighted by Crippen LogP contribution is 2.34. The van der Waals surface area contributed by atoms with Gasteiger partial charge in [-0.05, 0) is 51.7 Å². The average Bonchev–Trinajstić information content (AvgIpc) is 2.92. The molecule has 0 aliphatic heterocycles. The largest absolute Gasteiger partial charge is 0.474 e. The van der Waals surface area contributed by atoms with E-state index >= 15 is 0 Å². The molecule has 0 aromatic carbocycles. The van der Waals surface area contributed by atoms with E-state index in [1.165, 1.54) is 12.2 Å². The van der Waals surface area contributed by atoms with Crippen molar-refractivity contribution in [2.75, 3.05) is 27.2 Å². The summed E-state index contributed by atoms with van der Waals surface area (Å²) >= 11 is 0. The number of aliphatic imine (C=N–C) groups is 1. The van der Waals surface area contributed by atoms with Gasteiger partial charge in [0.15, 0.2) is 11.5 Å². The van der Waals surface area contributed by atoms with E-state index in [2.05, 4.69) is 10.1 Å². The van der Waals surface area contributed by atoms with Crippen LogP contribution < -0.4 is 10.5 Å². The van der Waals surface area contributed by atoms with Crippen molar-refractivity contribution in [1.82, 2.24) is 14.5 Å². The minimum Gasteiger partial charge on any atom is -0.474 e. The number of carbonyl (C=O) groups excluding carboxylic acids is 1. The fraction of sp³-hybridized carbons (Fsp3) is 0.316. The zero-order valence-corrected chi connectivity index (χ0v) is 15.5. The van der Waals surface area contributed by atoms with Gasteiger partial charge in [-0.1, -0.05) is 6.07 Å². The van der Waals surface area contributed by atoms with E-state index in [0.717, 1.165) is 23.3 Å². The Morgan fingerprint density at radius 1 is 1.27 bits per heavy atom. The predicted molar refractivity (Wildman–Crippen MR) is 102 cm³/mol. The smallest absolute Gasteiger partial charge is 0.260 e. The van der Waals surface area contributed by atoms with Gasteiger partial charge >= 0.3 is 0 Å². The van der Waals surface area contributed by atoms with Crippen molar-refractivity contribution in [2.24, 2.45) is 10.7 Å². The third kappa shape index (κ3) is 3.52. The number of rotatable bonds is 5. The molecule has 2 N–H and O–H groups in total. The molecule has 2 heterocycles. The van der Waals surface area contributed by atoms with Crippen LogP contribution in [0.3, 0.4) is 0 Å². The second-order valence-corrected chi connectivity index (χ2v) is 6.54. The molecule has 0 radical (unpaired) electrons. The van der Waals surface area contributed by atoms with Gasteiger partial charge in [0.1, 0.15) is 6.61 Å². The number of likely N-dealkylation sites (N-methyl/N-ethyl adjacent to an activating group) is 1. The molecule has 1 aliphatic rings. The van der Waals surface area contributed by atoms with Gasteiger partial charge in [-0.25, -0.2) is 9.51 Å². The van der Waals surface area contributed by atoms with Crippen LogP contribution in [0.1, 0.15) is 11.3 Å². The molecular weight excluding hydrogens is 330 g/mol. The second kappa shape index (κ2) is 7.13. The molecule has 0 spiro atoms. The van der Waals surface area contributed by atoms with Crippen molar-refractivity contribution >= 4 is 22.7 Å². The first-order chi connectivity index (χ1) is 12.4. The normalized spacial score (nSPS) is 16.0. The maximum absolute atomic E-state index is 11.4. The molecule has 7 nitrogen and oxygen atoms in total. The third-order valence-electron chi connectivity index (χ3n) is 4.25. The molecule has 136 valence electrons. The molecule has 2 aromatic heterocycles. The summed E-state index contributed by atoms with van der Waals surface area (Å²) in [5.74, 6) is 0.307. The molecule has 0 bridgehead atoms. The minimum atomic E-state index is -0.143. The molecule has 0 saturated heterocycles. The zero-order chi connectivity index (χ0) is 18.8. The number of pyridine rings is 1. The molecule has 0 saturated carbocycles. The number of nitrogens with zero attached hydrogens (tertiary/aromatic N) is 4. The summed E-state index contributed by atoms with van der Waals surface area (Å²) in [6, 6.07) is 3.99. The Morgan fingerprint density at radius 2 is 2.04 bits per heavy atom. The number of allylic oxidation sites excluding steroid dienone is 3. The van der Waals surface area contributed by atoms with Crippen LogP contribution in [-0.4, -0.2) is 53.3 Å². The molecule has 0 unspecified atom stereocenters. The number of hydrogen-bond acceptors (Lipinski definition) is 6. The maximum atomic E-state index is 11.4. The molecule has 0 atom stereocenters. The first-order valence-corrected chi connectivity index (χ1v) is 8.41. The van der Waals surface area contributed by atoms with E-state index in [1.807, 2.05) is 49.5 Å². The fourth-order valence-corrected chi connectivity index (χ4v) is 2.58. The van der Waals surface area contributed by atoms with Crippen molar-refractivity contribution in [3.05, 3.63) is 47.3 Å². The first-order valence-electron chi connectivity index (χ1n) is 8.41. The highest BCUT2D eigenvalue weighted by atomic mass is 16.5. The van der Waals surface area contributed by atoms with Gasteiger partial charge in [-0.2, -0.15) is 0 Å². The third-order valence-corrected chi connectivity index (χ3v) is 4.25. The van der Waals surface area contributed by atoms with Gasteiger partial charge < -0.3 is 15.4 Å². The summed E-state index contributed by atoms with van der Waals surface area (Å²) in [5.41, 5.74) is 10.4. The molecule has 26 heavy (non-hydrogen) atoms. The number of nitrogens with two attached hydrogens (primary N) is 1. The van der Waals surface area contributed by atoms with Crippen LogP contribution in [0.5, 0.6) is 5.88 Å². The van der Waals surface area contributed by atoms with Gasteiger partial charge in [0.2, 0.25) is 0 Å². The Bertz CT molecular complexity index is 950. The number of fused-ring (bicyclic) bond motifs is 1. The van der Waals surface area contributed by atoms with Crippen LogP contribution >= 0.6 is 0 Å². The molecule has 0 fully saturated rings. The van der Waals surface area contributed by atoms with E-state index < -0.39 is 0 Å². The highest BCUT2D eigenvalue weighted by Gasteiger charge is 2.18. The number of aryl methyl sites for hydroxylation is 2. The van der Waals surface area contributed by atoms with Crippen molar-refractivity contribution in [3.63, 3.8) is 0 Å². The molecule has 7 heteroatoms. The van der Waals surface area contributed by atoms with Crippen LogP contribution in [0.25, 0.3) is 5.52 Å². The van der Waals surface area contributed by atoms with Crippen LogP contribution in [0.4, 0.5) is 5.69 Å². The molecule has 3 rings (SSSR count). The zero-order valence-electron chi connectivity index (χ0n) is 15.5.